The van der Waals surface area contributed by atoms with E-state index in [9.17, 15) is 14.7 Å². The van der Waals surface area contributed by atoms with Gasteiger partial charge in [-0.15, -0.1) is 23.5 Å². The maximum absolute atomic E-state index is 12.3. The third-order valence-corrected chi connectivity index (χ3v) is 7.35. The molecule has 1 atom stereocenters. The molecule has 3 rings (SSSR count). The number of amides is 1. The van der Waals surface area contributed by atoms with Gasteiger partial charge in [-0.05, 0) is 29.7 Å². The summed E-state index contributed by atoms with van der Waals surface area (Å²) in [7, 11) is 0. The van der Waals surface area contributed by atoms with Crippen molar-refractivity contribution in [3.05, 3.63) is 71.3 Å². The number of rotatable bonds is 7. The molecule has 1 aliphatic heterocycles. The van der Waals surface area contributed by atoms with Crippen molar-refractivity contribution in [2.45, 2.75) is 11.0 Å². The summed E-state index contributed by atoms with van der Waals surface area (Å²) in [6, 6.07) is 17.1. The fourth-order valence-electron chi connectivity index (χ4n) is 2.81. The number of carbonyl (C=O) groups is 2. The SMILES string of the molecule is O=C(NCC(Cc1ccccc1)C(=O)O)c1ccc(C2SCCS2)cc1. The van der Waals surface area contributed by atoms with Crippen molar-refractivity contribution in [3.8, 4) is 0 Å². The van der Waals surface area contributed by atoms with Gasteiger partial charge in [-0.1, -0.05) is 42.5 Å². The zero-order chi connectivity index (χ0) is 18.4. The lowest BCUT2D eigenvalue weighted by molar-refractivity contribution is -0.141. The molecule has 2 N–H and O–H groups in total. The first kappa shape index (κ1) is 18.9. The molecule has 1 heterocycles. The van der Waals surface area contributed by atoms with E-state index in [2.05, 4.69) is 5.32 Å². The van der Waals surface area contributed by atoms with Crippen LogP contribution in [0.1, 0.15) is 26.1 Å². The molecule has 0 aliphatic carbocycles. The average Bonchev–Trinajstić information content (AvgIpc) is 3.20. The number of benzene rings is 2. The molecule has 4 nitrogen and oxygen atoms in total. The largest absolute Gasteiger partial charge is 0.481 e. The van der Waals surface area contributed by atoms with E-state index < -0.39 is 11.9 Å². The van der Waals surface area contributed by atoms with Crippen LogP contribution in [0.4, 0.5) is 0 Å². The molecule has 0 aromatic heterocycles. The smallest absolute Gasteiger partial charge is 0.308 e. The summed E-state index contributed by atoms with van der Waals surface area (Å²) in [6.45, 7) is 0.110. The van der Waals surface area contributed by atoms with E-state index >= 15 is 0 Å². The van der Waals surface area contributed by atoms with Gasteiger partial charge in [0.15, 0.2) is 0 Å². The lowest BCUT2D eigenvalue weighted by Crippen LogP contribution is -2.34. The molecule has 136 valence electrons. The van der Waals surface area contributed by atoms with Crippen LogP contribution >= 0.6 is 23.5 Å². The zero-order valence-corrected chi connectivity index (χ0v) is 15.9. The van der Waals surface area contributed by atoms with Gasteiger partial charge in [0.1, 0.15) is 0 Å². The third kappa shape index (κ3) is 5.05. The molecule has 1 fully saturated rings. The molecule has 0 bridgehead atoms. The minimum Gasteiger partial charge on any atom is -0.481 e. The molecular weight excluding hydrogens is 366 g/mol. The molecule has 2 aromatic carbocycles. The Bertz CT molecular complexity index is 743. The predicted molar refractivity (Wildman–Crippen MR) is 108 cm³/mol. The van der Waals surface area contributed by atoms with E-state index in [0.29, 0.717) is 16.6 Å². The Morgan fingerprint density at radius 3 is 2.31 bits per heavy atom. The van der Waals surface area contributed by atoms with Crippen LogP contribution in [0.3, 0.4) is 0 Å². The molecule has 1 aliphatic rings. The highest BCUT2D eigenvalue weighted by atomic mass is 32.2. The number of hydrogen-bond acceptors (Lipinski definition) is 4. The Morgan fingerprint density at radius 2 is 1.69 bits per heavy atom. The summed E-state index contributed by atoms with van der Waals surface area (Å²) in [5.74, 6) is 0.541. The highest BCUT2D eigenvalue weighted by Crippen LogP contribution is 2.45. The van der Waals surface area contributed by atoms with Crippen molar-refractivity contribution in [2.24, 2.45) is 5.92 Å². The molecule has 2 aromatic rings. The van der Waals surface area contributed by atoms with Crippen LogP contribution < -0.4 is 5.32 Å². The fourth-order valence-corrected chi connectivity index (χ4v) is 5.67. The van der Waals surface area contributed by atoms with Gasteiger partial charge >= 0.3 is 5.97 Å². The summed E-state index contributed by atoms with van der Waals surface area (Å²) >= 11 is 3.85. The Morgan fingerprint density at radius 1 is 1.04 bits per heavy atom. The summed E-state index contributed by atoms with van der Waals surface area (Å²) in [5, 5.41) is 12.2. The van der Waals surface area contributed by atoms with Crippen LogP contribution in [0, 0.1) is 5.92 Å². The van der Waals surface area contributed by atoms with Crippen molar-refractivity contribution < 1.29 is 14.7 Å². The first-order chi connectivity index (χ1) is 12.6. The van der Waals surface area contributed by atoms with Gasteiger partial charge in [0.05, 0.1) is 10.5 Å². The van der Waals surface area contributed by atoms with E-state index in [-0.39, 0.29) is 12.5 Å². The quantitative estimate of drug-likeness (QED) is 0.756. The minimum atomic E-state index is -0.903. The lowest BCUT2D eigenvalue weighted by atomic mass is 9.99. The zero-order valence-electron chi connectivity index (χ0n) is 14.3. The van der Waals surface area contributed by atoms with E-state index in [1.165, 1.54) is 5.56 Å². The molecule has 0 spiro atoms. The fraction of sp³-hybridized carbons (Fsp3) is 0.300. The van der Waals surface area contributed by atoms with Crippen LogP contribution in [0.2, 0.25) is 0 Å². The highest BCUT2D eigenvalue weighted by Gasteiger charge is 2.20. The van der Waals surface area contributed by atoms with Gasteiger partial charge in [-0.2, -0.15) is 0 Å². The van der Waals surface area contributed by atoms with Gasteiger partial charge in [0.2, 0.25) is 0 Å². The second-order valence-electron chi connectivity index (χ2n) is 6.13. The predicted octanol–water partition coefficient (Wildman–Crippen LogP) is 3.84. The average molecular weight is 388 g/mol. The second kappa shape index (κ2) is 9.14. The Hall–Kier alpha value is -1.92. The lowest BCUT2D eigenvalue weighted by Gasteiger charge is -2.14. The molecule has 1 amide bonds. The first-order valence-electron chi connectivity index (χ1n) is 8.51. The van der Waals surface area contributed by atoms with E-state index in [1.54, 1.807) is 0 Å². The van der Waals surface area contributed by atoms with Crippen molar-refractivity contribution in [2.75, 3.05) is 18.1 Å². The Balaban J connectivity index is 1.56. The number of thioether (sulfide) groups is 2. The van der Waals surface area contributed by atoms with Crippen molar-refractivity contribution >= 4 is 35.4 Å². The van der Waals surface area contributed by atoms with E-state index in [1.807, 2.05) is 78.1 Å². The number of carboxylic acid groups (broad SMARTS) is 1. The van der Waals surface area contributed by atoms with Crippen LogP contribution in [-0.2, 0) is 11.2 Å². The molecule has 26 heavy (non-hydrogen) atoms. The van der Waals surface area contributed by atoms with Crippen LogP contribution in [0.15, 0.2) is 54.6 Å². The molecular formula is C20H21NO3S2. The second-order valence-corrected chi connectivity index (χ2v) is 8.85. The maximum atomic E-state index is 12.3. The van der Waals surface area contributed by atoms with E-state index in [0.717, 1.165) is 17.1 Å². The summed E-state index contributed by atoms with van der Waals surface area (Å²) < 4.78 is 0.453. The summed E-state index contributed by atoms with van der Waals surface area (Å²) in [5.41, 5.74) is 2.73. The van der Waals surface area contributed by atoms with Gasteiger partial charge in [0.25, 0.3) is 5.91 Å². The number of aliphatic carboxylic acids is 1. The highest BCUT2D eigenvalue weighted by molar-refractivity contribution is 8.19. The standard InChI is InChI=1S/C20H21NO3S2/c22-18(15-6-8-16(9-7-15)20-25-10-11-26-20)21-13-17(19(23)24)12-14-4-2-1-3-5-14/h1-9,17,20H,10-13H2,(H,21,22)(H,23,24). The molecule has 1 unspecified atom stereocenters. The molecule has 1 saturated heterocycles. The number of carboxylic acids is 1. The third-order valence-electron chi connectivity index (χ3n) is 4.25. The Labute approximate surface area is 161 Å². The van der Waals surface area contributed by atoms with Gasteiger partial charge in [-0.25, -0.2) is 0 Å². The minimum absolute atomic E-state index is 0.110. The Kier molecular flexibility index (Phi) is 6.63. The topological polar surface area (TPSA) is 66.4 Å². The van der Waals surface area contributed by atoms with Crippen molar-refractivity contribution in [1.82, 2.24) is 5.32 Å². The number of nitrogens with one attached hydrogen (secondary N) is 1. The summed E-state index contributed by atoms with van der Waals surface area (Å²) in [4.78, 5) is 23.8. The van der Waals surface area contributed by atoms with Gasteiger partial charge in [0, 0.05) is 23.6 Å². The van der Waals surface area contributed by atoms with Gasteiger partial charge in [-0.3, -0.25) is 9.59 Å². The van der Waals surface area contributed by atoms with Crippen LogP contribution in [0.5, 0.6) is 0 Å². The molecule has 0 saturated carbocycles. The number of hydrogen-bond donors (Lipinski definition) is 2. The number of carbonyl (C=O) groups excluding carboxylic acids is 1. The monoisotopic (exact) mass is 387 g/mol. The maximum Gasteiger partial charge on any atom is 0.308 e. The normalized spacial score (nSPS) is 15.5. The summed E-state index contributed by atoms with van der Waals surface area (Å²) in [6.07, 6.45) is 0.394. The molecule has 0 radical (unpaired) electrons. The van der Waals surface area contributed by atoms with Crippen LogP contribution in [-0.4, -0.2) is 35.0 Å². The van der Waals surface area contributed by atoms with E-state index in [4.69, 9.17) is 0 Å². The van der Waals surface area contributed by atoms with Gasteiger partial charge < -0.3 is 10.4 Å². The van der Waals surface area contributed by atoms with Crippen molar-refractivity contribution in [3.63, 3.8) is 0 Å². The first-order valence-corrected chi connectivity index (χ1v) is 10.6. The van der Waals surface area contributed by atoms with Crippen LogP contribution in [0.25, 0.3) is 0 Å². The van der Waals surface area contributed by atoms with Crippen molar-refractivity contribution in [1.29, 1.82) is 0 Å². The molecule has 6 heteroatoms.